The number of alkyl halides is 3. The number of hydrogen-bond acceptors (Lipinski definition) is 2. The van der Waals surface area contributed by atoms with Crippen LogP contribution in [0.4, 0.5) is 13.2 Å². The molecule has 1 amide bonds. The molecule has 0 atom stereocenters. The van der Waals surface area contributed by atoms with Crippen molar-refractivity contribution in [3.05, 3.63) is 35.4 Å². The van der Waals surface area contributed by atoms with Crippen molar-refractivity contribution in [1.82, 2.24) is 5.32 Å². The van der Waals surface area contributed by atoms with Crippen molar-refractivity contribution in [3.63, 3.8) is 0 Å². The molecule has 1 aromatic rings. The summed E-state index contributed by atoms with van der Waals surface area (Å²) in [5.74, 6) is 4.95. The largest absolute Gasteiger partial charge is 0.389 e. The predicted molar refractivity (Wildman–Crippen MR) is 70.0 cm³/mol. The smallest absolute Gasteiger partial charge is 0.352 e. The van der Waals surface area contributed by atoms with E-state index in [4.69, 9.17) is 5.73 Å². The van der Waals surface area contributed by atoms with Crippen molar-refractivity contribution >= 4 is 5.91 Å². The van der Waals surface area contributed by atoms with Gasteiger partial charge in [0, 0.05) is 18.5 Å². The van der Waals surface area contributed by atoms with Crippen LogP contribution in [-0.2, 0) is 0 Å². The lowest BCUT2D eigenvalue weighted by Crippen LogP contribution is -2.26. The van der Waals surface area contributed by atoms with Crippen LogP contribution in [0.25, 0.3) is 0 Å². The third kappa shape index (κ3) is 5.76. The molecule has 1 rings (SSSR count). The Morgan fingerprint density at radius 2 is 2.00 bits per heavy atom. The molecule has 0 spiro atoms. The lowest BCUT2D eigenvalue weighted by Gasteiger charge is -2.08. The quantitative estimate of drug-likeness (QED) is 0.657. The number of nitrogens with two attached hydrogens (primary N) is 1. The van der Waals surface area contributed by atoms with Gasteiger partial charge in [-0.05, 0) is 18.6 Å². The van der Waals surface area contributed by atoms with E-state index in [9.17, 15) is 18.0 Å². The van der Waals surface area contributed by atoms with Crippen LogP contribution in [0.15, 0.2) is 24.3 Å². The van der Waals surface area contributed by atoms with Crippen LogP contribution in [-0.4, -0.2) is 25.2 Å². The van der Waals surface area contributed by atoms with Gasteiger partial charge >= 0.3 is 6.18 Å². The van der Waals surface area contributed by atoms with Gasteiger partial charge in [-0.1, -0.05) is 24.0 Å². The predicted octanol–water partition coefficient (Wildman–Crippen LogP) is 2.07. The highest BCUT2D eigenvalue weighted by Crippen LogP contribution is 2.20. The maximum atomic E-state index is 12.0. The summed E-state index contributed by atoms with van der Waals surface area (Å²) in [6, 6.07) is 6.62. The lowest BCUT2D eigenvalue weighted by molar-refractivity contribution is -0.135. The van der Waals surface area contributed by atoms with Gasteiger partial charge in [0.15, 0.2) is 0 Å². The summed E-state index contributed by atoms with van der Waals surface area (Å²) in [6.45, 7) is 0.137. The minimum absolute atomic E-state index is 0.0308. The Balaban J connectivity index is 2.60. The number of carbonyl (C=O) groups is 1. The van der Waals surface area contributed by atoms with Gasteiger partial charge in [0.1, 0.15) is 0 Å². The van der Waals surface area contributed by atoms with E-state index in [0.717, 1.165) is 0 Å². The molecule has 0 radical (unpaired) electrons. The van der Waals surface area contributed by atoms with Crippen LogP contribution in [0.5, 0.6) is 0 Å². The molecular weight excluding hydrogens is 269 g/mol. The molecule has 3 N–H and O–H groups in total. The molecule has 3 nitrogen and oxygen atoms in total. The zero-order chi connectivity index (χ0) is 15.0. The van der Waals surface area contributed by atoms with Crippen LogP contribution >= 0.6 is 0 Å². The Morgan fingerprint density at radius 1 is 1.30 bits per heavy atom. The van der Waals surface area contributed by atoms with Crippen molar-refractivity contribution in [3.8, 4) is 11.8 Å². The molecular formula is C14H15F3N2O. The molecule has 0 saturated carbocycles. The van der Waals surface area contributed by atoms with E-state index in [2.05, 4.69) is 17.2 Å². The van der Waals surface area contributed by atoms with E-state index in [1.54, 1.807) is 24.3 Å². The highest BCUT2D eigenvalue weighted by atomic mass is 19.4. The first-order valence-electron chi connectivity index (χ1n) is 6.07. The van der Waals surface area contributed by atoms with E-state index in [0.29, 0.717) is 11.1 Å². The molecule has 1 aromatic carbocycles. The number of halogens is 3. The molecule has 20 heavy (non-hydrogen) atoms. The fourth-order valence-corrected chi connectivity index (χ4v) is 1.52. The number of amides is 1. The molecule has 0 fully saturated rings. The molecule has 0 heterocycles. The van der Waals surface area contributed by atoms with Crippen molar-refractivity contribution in [1.29, 1.82) is 0 Å². The minimum Gasteiger partial charge on any atom is -0.352 e. The van der Waals surface area contributed by atoms with E-state index in [1.165, 1.54) is 0 Å². The van der Waals surface area contributed by atoms with E-state index in [1.807, 2.05) is 0 Å². The third-order valence-corrected chi connectivity index (χ3v) is 2.42. The molecule has 0 bridgehead atoms. The van der Waals surface area contributed by atoms with Crippen LogP contribution < -0.4 is 11.1 Å². The van der Waals surface area contributed by atoms with Crippen molar-refractivity contribution in [2.75, 3.05) is 13.1 Å². The summed E-state index contributed by atoms with van der Waals surface area (Å²) in [5, 5.41) is 2.45. The second-order valence-corrected chi connectivity index (χ2v) is 4.03. The molecule has 0 aliphatic carbocycles. The SMILES string of the molecule is NCC#Cc1ccccc1C(=O)NCCCC(F)(F)F. The number of carbonyl (C=O) groups excluding carboxylic acids is 1. The molecule has 0 aliphatic rings. The summed E-state index contributed by atoms with van der Waals surface area (Å²) in [4.78, 5) is 11.9. The van der Waals surface area contributed by atoms with Gasteiger partial charge in [0.25, 0.3) is 5.91 Å². The maximum Gasteiger partial charge on any atom is 0.389 e. The van der Waals surface area contributed by atoms with Gasteiger partial charge in [-0.3, -0.25) is 4.79 Å². The summed E-state index contributed by atoms with van der Waals surface area (Å²) in [6.07, 6.45) is -5.26. The highest BCUT2D eigenvalue weighted by molar-refractivity contribution is 5.96. The third-order valence-electron chi connectivity index (χ3n) is 2.42. The first kappa shape index (κ1) is 16.1. The molecule has 0 aliphatic heterocycles. The van der Waals surface area contributed by atoms with Gasteiger partial charge in [0.2, 0.25) is 0 Å². The molecule has 0 saturated heterocycles. The van der Waals surface area contributed by atoms with E-state index in [-0.39, 0.29) is 19.5 Å². The summed E-state index contributed by atoms with van der Waals surface area (Å²) < 4.78 is 35.9. The minimum atomic E-state index is -4.20. The van der Waals surface area contributed by atoms with E-state index < -0.39 is 18.5 Å². The molecule has 6 heteroatoms. The van der Waals surface area contributed by atoms with Gasteiger partial charge in [0.05, 0.1) is 12.1 Å². The van der Waals surface area contributed by atoms with Gasteiger partial charge in [-0.25, -0.2) is 0 Å². The second kappa shape index (κ2) is 7.56. The Labute approximate surface area is 115 Å². The fourth-order valence-electron chi connectivity index (χ4n) is 1.52. The zero-order valence-corrected chi connectivity index (χ0v) is 10.8. The van der Waals surface area contributed by atoms with Crippen molar-refractivity contribution < 1.29 is 18.0 Å². The standard InChI is InChI=1S/C14H15F3N2O/c15-14(16,17)8-4-10-19-13(20)12-7-2-1-5-11(12)6-3-9-18/h1-2,5,7H,4,8-10,18H2,(H,19,20). The summed E-state index contributed by atoms with van der Waals surface area (Å²) in [7, 11) is 0. The first-order valence-corrected chi connectivity index (χ1v) is 6.07. The van der Waals surface area contributed by atoms with Crippen LogP contribution in [0.2, 0.25) is 0 Å². The van der Waals surface area contributed by atoms with Gasteiger partial charge in [-0.2, -0.15) is 13.2 Å². The Kier molecular flexibility index (Phi) is 6.07. The maximum absolute atomic E-state index is 12.0. The Hall–Kier alpha value is -2.00. The van der Waals surface area contributed by atoms with Gasteiger partial charge in [-0.15, -0.1) is 0 Å². The number of hydrogen-bond donors (Lipinski definition) is 2. The second-order valence-electron chi connectivity index (χ2n) is 4.03. The Bertz CT molecular complexity index is 515. The first-order chi connectivity index (χ1) is 9.44. The van der Waals surface area contributed by atoms with Crippen LogP contribution in [0.3, 0.4) is 0 Å². The zero-order valence-electron chi connectivity index (χ0n) is 10.8. The molecule has 0 unspecified atom stereocenters. The van der Waals surface area contributed by atoms with Crippen LogP contribution in [0, 0.1) is 11.8 Å². The van der Waals surface area contributed by atoms with Gasteiger partial charge < -0.3 is 11.1 Å². The molecule has 108 valence electrons. The van der Waals surface area contributed by atoms with Crippen molar-refractivity contribution in [2.24, 2.45) is 5.73 Å². The summed E-state index contributed by atoms with van der Waals surface area (Å²) in [5.41, 5.74) is 6.10. The highest BCUT2D eigenvalue weighted by Gasteiger charge is 2.26. The van der Waals surface area contributed by atoms with Crippen molar-refractivity contribution in [2.45, 2.75) is 19.0 Å². The fraction of sp³-hybridized carbons (Fsp3) is 0.357. The lowest BCUT2D eigenvalue weighted by atomic mass is 10.1. The average molecular weight is 284 g/mol. The van der Waals surface area contributed by atoms with Crippen LogP contribution in [0.1, 0.15) is 28.8 Å². The Morgan fingerprint density at radius 3 is 2.65 bits per heavy atom. The topological polar surface area (TPSA) is 55.1 Å². The number of nitrogens with one attached hydrogen (secondary N) is 1. The van der Waals surface area contributed by atoms with E-state index >= 15 is 0 Å². The monoisotopic (exact) mass is 284 g/mol. The number of benzene rings is 1. The average Bonchev–Trinajstić information content (AvgIpc) is 2.40. The number of rotatable bonds is 4. The molecule has 0 aromatic heterocycles. The summed E-state index contributed by atoms with van der Waals surface area (Å²) >= 11 is 0. The normalized spacial score (nSPS) is 10.6.